The molecule has 1 saturated carbocycles. The van der Waals surface area contributed by atoms with Crippen LogP contribution in [0.15, 0.2) is 18.2 Å². The van der Waals surface area contributed by atoms with Crippen molar-refractivity contribution in [3.63, 3.8) is 0 Å². The topological polar surface area (TPSA) is 46.5 Å². The van der Waals surface area contributed by atoms with Crippen molar-refractivity contribution in [2.75, 3.05) is 6.61 Å². The van der Waals surface area contributed by atoms with Crippen molar-refractivity contribution >= 4 is 5.97 Å². The molecule has 0 spiro atoms. The number of phenolic OH excluding ortho intramolecular Hbond substituents is 1. The molecule has 1 aromatic rings. The minimum Gasteiger partial charge on any atom is -0.508 e. The summed E-state index contributed by atoms with van der Waals surface area (Å²) in [5.74, 6) is 0.295. The fourth-order valence-corrected chi connectivity index (χ4v) is 3.16. The van der Waals surface area contributed by atoms with Gasteiger partial charge in [0.05, 0.1) is 6.61 Å². The number of phenols is 1. The molecule has 0 radical (unpaired) electrons. The van der Waals surface area contributed by atoms with E-state index in [0.717, 1.165) is 32.1 Å². The van der Waals surface area contributed by atoms with Crippen LogP contribution >= 0.6 is 0 Å². The number of carbonyl (C=O) groups excluding carboxylic acids is 1. The maximum atomic E-state index is 13.8. The van der Waals surface area contributed by atoms with Crippen molar-refractivity contribution < 1.29 is 19.0 Å². The molecule has 2 rings (SSSR count). The Morgan fingerprint density at radius 3 is 2.67 bits per heavy atom. The second-order valence-electron chi connectivity index (χ2n) is 5.77. The van der Waals surface area contributed by atoms with Crippen LogP contribution in [-0.4, -0.2) is 17.7 Å². The number of rotatable bonds is 5. The molecule has 1 aliphatic rings. The number of carbonyl (C=O) groups is 1. The first-order valence-corrected chi connectivity index (χ1v) is 7.74. The molecule has 0 bridgehead atoms. The van der Waals surface area contributed by atoms with Gasteiger partial charge in [-0.15, -0.1) is 0 Å². The Morgan fingerprint density at radius 2 is 2.05 bits per heavy atom. The third-order valence-corrected chi connectivity index (χ3v) is 4.33. The highest BCUT2D eigenvalue weighted by atomic mass is 19.1. The molecule has 0 amide bonds. The van der Waals surface area contributed by atoms with E-state index in [-0.39, 0.29) is 23.5 Å². The summed E-state index contributed by atoms with van der Waals surface area (Å²) in [6.45, 7) is 2.25. The molecule has 1 fully saturated rings. The van der Waals surface area contributed by atoms with Gasteiger partial charge in [0.25, 0.3) is 0 Å². The number of hydrogen-bond donors (Lipinski definition) is 1. The van der Waals surface area contributed by atoms with Gasteiger partial charge in [0.1, 0.15) is 11.6 Å². The van der Waals surface area contributed by atoms with Gasteiger partial charge in [0, 0.05) is 12.5 Å². The molecule has 0 atom stereocenters. The van der Waals surface area contributed by atoms with E-state index in [1.165, 1.54) is 6.07 Å². The van der Waals surface area contributed by atoms with Crippen LogP contribution < -0.4 is 0 Å². The van der Waals surface area contributed by atoms with Gasteiger partial charge in [-0.1, -0.05) is 6.07 Å². The van der Waals surface area contributed by atoms with Crippen molar-refractivity contribution in [1.82, 2.24) is 0 Å². The molecule has 116 valence electrons. The maximum absolute atomic E-state index is 13.8. The molecule has 0 aliphatic heterocycles. The number of ether oxygens (including phenoxy) is 1. The van der Waals surface area contributed by atoms with Gasteiger partial charge >= 0.3 is 5.97 Å². The Balaban J connectivity index is 1.81. The molecule has 1 aliphatic carbocycles. The van der Waals surface area contributed by atoms with Gasteiger partial charge in [-0.3, -0.25) is 4.79 Å². The van der Waals surface area contributed by atoms with Crippen LogP contribution in [0, 0.1) is 11.7 Å². The SMILES string of the molecule is CCOC(=O)CCC1CCC(c2ccc(O)cc2F)CC1. The van der Waals surface area contributed by atoms with E-state index in [1.807, 2.05) is 6.92 Å². The second kappa shape index (κ2) is 7.43. The summed E-state index contributed by atoms with van der Waals surface area (Å²) in [5, 5.41) is 9.26. The monoisotopic (exact) mass is 294 g/mol. The molecule has 1 N–H and O–H groups in total. The average Bonchev–Trinajstić information content (AvgIpc) is 2.46. The Bertz CT molecular complexity index is 479. The van der Waals surface area contributed by atoms with E-state index in [9.17, 15) is 14.3 Å². The Kier molecular flexibility index (Phi) is 5.59. The third kappa shape index (κ3) is 4.45. The van der Waals surface area contributed by atoms with Crippen LogP contribution in [0.5, 0.6) is 5.75 Å². The lowest BCUT2D eigenvalue weighted by molar-refractivity contribution is -0.143. The molecule has 0 unspecified atom stereocenters. The van der Waals surface area contributed by atoms with Crippen LogP contribution in [0.4, 0.5) is 4.39 Å². The zero-order valence-corrected chi connectivity index (χ0v) is 12.5. The highest BCUT2D eigenvalue weighted by Crippen LogP contribution is 2.38. The van der Waals surface area contributed by atoms with Gasteiger partial charge in [-0.05, 0) is 62.5 Å². The summed E-state index contributed by atoms with van der Waals surface area (Å²) in [4.78, 5) is 11.4. The molecule has 0 aromatic heterocycles. The maximum Gasteiger partial charge on any atom is 0.305 e. The van der Waals surface area contributed by atoms with Crippen LogP contribution in [-0.2, 0) is 9.53 Å². The molecule has 0 heterocycles. The van der Waals surface area contributed by atoms with Crippen LogP contribution in [0.2, 0.25) is 0 Å². The first-order valence-electron chi connectivity index (χ1n) is 7.74. The quantitative estimate of drug-likeness (QED) is 0.830. The summed E-state index contributed by atoms with van der Waals surface area (Å²) < 4.78 is 18.8. The summed E-state index contributed by atoms with van der Waals surface area (Å²) >= 11 is 0. The first kappa shape index (κ1) is 15.8. The Morgan fingerprint density at radius 1 is 1.33 bits per heavy atom. The van der Waals surface area contributed by atoms with Crippen molar-refractivity contribution in [2.24, 2.45) is 5.92 Å². The third-order valence-electron chi connectivity index (χ3n) is 4.33. The lowest BCUT2D eigenvalue weighted by atomic mass is 9.77. The fraction of sp³-hybridized carbons (Fsp3) is 0.588. The minimum atomic E-state index is -0.315. The predicted molar refractivity (Wildman–Crippen MR) is 78.6 cm³/mol. The molecule has 4 heteroatoms. The highest BCUT2D eigenvalue weighted by Gasteiger charge is 2.24. The zero-order valence-electron chi connectivity index (χ0n) is 12.5. The van der Waals surface area contributed by atoms with E-state index < -0.39 is 0 Å². The van der Waals surface area contributed by atoms with Crippen molar-refractivity contribution in [3.05, 3.63) is 29.6 Å². The normalized spacial score (nSPS) is 22.0. The molecule has 0 saturated heterocycles. The zero-order chi connectivity index (χ0) is 15.2. The van der Waals surface area contributed by atoms with E-state index in [2.05, 4.69) is 0 Å². The van der Waals surface area contributed by atoms with E-state index in [0.29, 0.717) is 24.5 Å². The summed E-state index contributed by atoms with van der Waals surface area (Å²) in [5.41, 5.74) is 0.705. The van der Waals surface area contributed by atoms with Gasteiger partial charge in [0.15, 0.2) is 0 Å². The van der Waals surface area contributed by atoms with E-state index >= 15 is 0 Å². The van der Waals surface area contributed by atoms with Crippen LogP contribution in [0.25, 0.3) is 0 Å². The standard InChI is InChI=1S/C17H23FO3/c1-2-21-17(20)10-5-12-3-6-13(7-4-12)15-9-8-14(19)11-16(15)18/h8-9,11-13,19H,2-7,10H2,1H3. The van der Waals surface area contributed by atoms with Crippen molar-refractivity contribution in [2.45, 2.75) is 51.4 Å². The van der Waals surface area contributed by atoms with Crippen LogP contribution in [0.3, 0.4) is 0 Å². The summed E-state index contributed by atoms with van der Waals surface area (Å²) in [7, 11) is 0. The Hall–Kier alpha value is -1.58. The number of esters is 1. The van der Waals surface area contributed by atoms with Gasteiger partial charge < -0.3 is 9.84 Å². The minimum absolute atomic E-state index is 0.0284. The molecule has 21 heavy (non-hydrogen) atoms. The van der Waals surface area contributed by atoms with Gasteiger partial charge in [-0.25, -0.2) is 4.39 Å². The smallest absolute Gasteiger partial charge is 0.305 e. The Labute approximate surface area is 125 Å². The predicted octanol–water partition coefficient (Wildman–Crippen LogP) is 4.15. The molecular formula is C17H23FO3. The largest absolute Gasteiger partial charge is 0.508 e. The number of aromatic hydroxyl groups is 1. The fourth-order valence-electron chi connectivity index (χ4n) is 3.16. The van der Waals surface area contributed by atoms with Gasteiger partial charge in [-0.2, -0.15) is 0 Å². The number of hydrogen-bond acceptors (Lipinski definition) is 3. The van der Waals surface area contributed by atoms with Crippen LogP contribution in [0.1, 0.15) is 56.9 Å². The molecule has 3 nitrogen and oxygen atoms in total. The lowest BCUT2D eigenvalue weighted by Gasteiger charge is -2.28. The first-order chi connectivity index (χ1) is 10.1. The highest BCUT2D eigenvalue weighted by molar-refractivity contribution is 5.69. The van der Waals surface area contributed by atoms with Gasteiger partial charge in [0.2, 0.25) is 0 Å². The van der Waals surface area contributed by atoms with E-state index in [1.54, 1.807) is 12.1 Å². The average molecular weight is 294 g/mol. The molecule has 1 aromatic carbocycles. The number of halogens is 1. The number of benzene rings is 1. The van der Waals surface area contributed by atoms with Crippen molar-refractivity contribution in [3.8, 4) is 5.75 Å². The van der Waals surface area contributed by atoms with E-state index in [4.69, 9.17) is 4.74 Å². The summed E-state index contributed by atoms with van der Waals surface area (Å²) in [6.07, 6.45) is 5.26. The lowest BCUT2D eigenvalue weighted by Crippen LogP contribution is -2.16. The molecular weight excluding hydrogens is 271 g/mol. The summed E-state index contributed by atoms with van der Waals surface area (Å²) in [6, 6.07) is 4.42. The second-order valence-corrected chi connectivity index (χ2v) is 5.77. The van der Waals surface area contributed by atoms with Crippen molar-refractivity contribution in [1.29, 1.82) is 0 Å².